The average Bonchev–Trinajstić information content (AvgIpc) is 3.09. The van der Waals surface area contributed by atoms with Crippen molar-refractivity contribution in [1.29, 1.82) is 0 Å². The highest BCUT2D eigenvalue weighted by atomic mass is 32.2. The Balaban J connectivity index is 1.47. The number of benzene rings is 2. The van der Waals surface area contributed by atoms with Crippen molar-refractivity contribution in [2.45, 2.75) is 37.6 Å². The number of fused-ring (bicyclic) bond motifs is 1. The van der Waals surface area contributed by atoms with Crippen LogP contribution >= 0.6 is 11.3 Å². The topological polar surface area (TPSA) is 88.2 Å². The Kier molecular flexibility index (Phi) is 6.43. The summed E-state index contributed by atoms with van der Waals surface area (Å²) in [6.07, 6.45) is 0.0637. The summed E-state index contributed by atoms with van der Waals surface area (Å²) >= 11 is 1.53. The van der Waals surface area contributed by atoms with Crippen LogP contribution < -0.4 is 10.0 Å². The molecule has 2 N–H and O–H groups in total. The number of nitrogens with zero attached hydrogens (tertiary/aromatic N) is 1. The molecule has 2 aromatic carbocycles. The average molecular weight is 418 g/mol. The standard InChI is InChI=1S/C20H23N3O3S2/c1-14(2)15-7-9-16(10-8-15)28(25,26)22-12-11-19(24)21-13-20-23-17-5-3-4-6-18(17)27-20/h3-10,14,22H,11-13H2,1-2H3,(H,21,24). The summed E-state index contributed by atoms with van der Waals surface area (Å²) in [4.78, 5) is 16.7. The fourth-order valence-electron chi connectivity index (χ4n) is 2.67. The van der Waals surface area contributed by atoms with Gasteiger partial charge in [0.1, 0.15) is 5.01 Å². The lowest BCUT2D eigenvalue weighted by Crippen LogP contribution is -2.30. The molecule has 0 aliphatic rings. The second-order valence-electron chi connectivity index (χ2n) is 6.72. The number of para-hydroxylation sites is 1. The molecule has 28 heavy (non-hydrogen) atoms. The van der Waals surface area contributed by atoms with Crippen LogP contribution in [0.2, 0.25) is 0 Å². The molecule has 1 amide bonds. The molecule has 6 nitrogen and oxygen atoms in total. The maximum Gasteiger partial charge on any atom is 0.240 e. The number of thiazole rings is 1. The zero-order valence-corrected chi connectivity index (χ0v) is 17.4. The highest BCUT2D eigenvalue weighted by molar-refractivity contribution is 7.89. The van der Waals surface area contributed by atoms with E-state index in [1.807, 2.05) is 36.4 Å². The van der Waals surface area contributed by atoms with E-state index in [0.29, 0.717) is 12.5 Å². The van der Waals surface area contributed by atoms with Gasteiger partial charge >= 0.3 is 0 Å². The molecular weight excluding hydrogens is 394 g/mol. The first-order valence-electron chi connectivity index (χ1n) is 9.06. The third-order valence-electron chi connectivity index (χ3n) is 4.28. The minimum atomic E-state index is -3.62. The van der Waals surface area contributed by atoms with Crippen LogP contribution in [0.1, 0.15) is 36.8 Å². The summed E-state index contributed by atoms with van der Waals surface area (Å²) < 4.78 is 28.2. The van der Waals surface area contributed by atoms with Crippen LogP contribution in [0.4, 0.5) is 0 Å². The summed E-state index contributed by atoms with van der Waals surface area (Å²) in [5.41, 5.74) is 1.99. The molecule has 0 radical (unpaired) electrons. The number of sulfonamides is 1. The molecule has 0 aliphatic carbocycles. The van der Waals surface area contributed by atoms with E-state index in [2.05, 4.69) is 28.9 Å². The first-order valence-corrected chi connectivity index (χ1v) is 11.4. The van der Waals surface area contributed by atoms with Crippen LogP contribution in [-0.4, -0.2) is 25.9 Å². The highest BCUT2D eigenvalue weighted by Crippen LogP contribution is 2.21. The van der Waals surface area contributed by atoms with Crippen LogP contribution in [0.15, 0.2) is 53.4 Å². The molecule has 0 saturated heterocycles. The molecular formula is C20H23N3O3S2. The van der Waals surface area contributed by atoms with Gasteiger partial charge in [0.05, 0.1) is 21.7 Å². The highest BCUT2D eigenvalue weighted by Gasteiger charge is 2.14. The molecule has 3 aromatic rings. The van der Waals surface area contributed by atoms with Gasteiger partial charge in [0, 0.05) is 13.0 Å². The smallest absolute Gasteiger partial charge is 0.240 e. The van der Waals surface area contributed by atoms with Crippen LogP contribution in [0, 0.1) is 0 Å². The largest absolute Gasteiger partial charge is 0.350 e. The minimum Gasteiger partial charge on any atom is -0.350 e. The lowest BCUT2D eigenvalue weighted by Gasteiger charge is -2.09. The Bertz CT molecular complexity index is 1020. The Labute approximate surface area is 169 Å². The van der Waals surface area contributed by atoms with Crippen LogP contribution in [0.5, 0.6) is 0 Å². The molecule has 0 atom stereocenters. The van der Waals surface area contributed by atoms with E-state index in [-0.39, 0.29) is 23.8 Å². The normalized spacial score (nSPS) is 11.8. The molecule has 8 heteroatoms. The zero-order valence-electron chi connectivity index (χ0n) is 15.8. The number of amides is 1. The molecule has 148 valence electrons. The van der Waals surface area contributed by atoms with Crippen molar-refractivity contribution >= 4 is 37.5 Å². The fraction of sp³-hybridized carbons (Fsp3) is 0.300. The van der Waals surface area contributed by atoms with Gasteiger partial charge in [-0.15, -0.1) is 11.3 Å². The number of hydrogen-bond acceptors (Lipinski definition) is 5. The van der Waals surface area contributed by atoms with Gasteiger partial charge in [0.15, 0.2) is 0 Å². The fourth-order valence-corrected chi connectivity index (χ4v) is 4.61. The number of rotatable bonds is 8. The van der Waals surface area contributed by atoms with Gasteiger partial charge in [0.25, 0.3) is 0 Å². The quantitative estimate of drug-likeness (QED) is 0.588. The molecule has 0 unspecified atom stereocenters. The van der Waals surface area contributed by atoms with Crippen molar-refractivity contribution in [2.24, 2.45) is 0 Å². The Morgan fingerprint density at radius 3 is 2.50 bits per heavy atom. The van der Waals surface area contributed by atoms with Gasteiger partial charge in [0.2, 0.25) is 15.9 Å². The Morgan fingerprint density at radius 1 is 1.11 bits per heavy atom. The summed E-state index contributed by atoms with van der Waals surface area (Å²) in [6, 6.07) is 14.6. The lowest BCUT2D eigenvalue weighted by atomic mass is 10.0. The Hall–Kier alpha value is -2.29. The van der Waals surface area contributed by atoms with E-state index in [1.165, 1.54) is 11.3 Å². The van der Waals surface area contributed by atoms with Crippen molar-refractivity contribution in [3.05, 3.63) is 59.1 Å². The number of nitrogens with one attached hydrogen (secondary N) is 2. The summed E-state index contributed by atoms with van der Waals surface area (Å²) in [6.45, 7) is 4.48. The molecule has 0 fully saturated rings. The SMILES string of the molecule is CC(C)c1ccc(S(=O)(=O)NCCC(=O)NCc2nc3ccccc3s2)cc1. The number of carbonyl (C=O) groups excluding carboxylic acids is 1. The molecule has 0 aliphatic heterocycles. The van der Waals surface area contributed by atoms with Crippen LogP contribution in [0.25, 0.3) is 10.2 Å². The molecule has 3 rings (SSSR count). The third-order valence-corrected chi connectivity index (χ3v) is 6.79. The van der Waals surface area contributed by atoms with Crippen molar-refractivity contribution in [3.8, 4) is 0 Å². The molecule has 1 heterocycles. The van der Waals surface area contributed by atoms with Gasteiger partial charge < -0.3 is 5.32 Å². The van der Waals surface area contributed by atoms with Gasteiger partial charge in [-0.25, -0.2) is 18.1 Å². The third kappa shape index (κ3) is 5.15. The van der Waals surface area contributed by atoms with E-state index in [0.717, 1.165) is 20.8 Å². The van der Waals surface area contributed by atoms with Gasteiger partial charge in [-0.3, -0.25) is 4.79 Å². The van der Waals surface area contributed by atoms with Crippen molar-refractivity contribution in [1.82, 2.24) is 15.0 Å². The van der Waals surface area contributed by atoms with Crippen molar-refractivity contribution in [2.75, 3.05) is 6.54 Å². The second kappa shape index (κ2) is 8.81. The number of aromatic nitrogens is 1. The predicted molar refractivity (Wildman–Crippen MR) is 112 cm³/mol. The van der Waals surface area contributed by atoms with Crippen molar-refractivity contribution in [3.63, 3.8) is 0 Å². The maximum atomic E-state index is 12.3. The zero-order chi connectivity index (χ0) is 20.1. The number of carbonyl (C=O) groups is 1. The molecule has 0 bridgehead atoms. The van der Waals surface area contributed by atoms with Crippen LogP contribution in [0.3, 0.4) is 0 Å². The summed E-state index contributed by atoms with van der Waals surface area (Å²) in [5, 5.41) is 3.60. The number of hydrogen-bond donors (Lipinski definition) is 2. The van der Waals surface area contributed by atoms with Crippen LogP contribution in [-0.2, 0) is 21.4 Å². The summed E-state index contributed by atoms with van der Waals surface area (Å²) in [5.74, 6) is 0.112. The second-order valence-corrected chi connectivity index (χ2v) is 9.61. The minimum absolute atomic E-state index is 0.0416. The van der Waals surface area contributed by atoms with E-state index < -0.39 is 10.0 Å². The molecule has 0 saturated carbocycles. The Morgan fingerprint density at radius 2 is 1.82 bits per heavy atom. The maximum absolute atomic E-state index is 12.3. The van der Waals surface area contributed by atoms with Crippen molar-refractivity contribution < 1.29 is 13.2 Å². The van der Waals surface area contributed by atoms with E-state index in [1.54, 1.807) is 12.1 Å². The van der Waals surface area contributed by atoms with Gasteiger partial charge in [-0.2, -0.15) is 0 Å². The van der Waals surface area contributed by atoms with E-state index >= 15 is 0 Å². The van der Waals surface area contributed by atoms with Gasteiger partial charge in [-0.1, -0.05) is 38.1 Å². The summed E-state index contributed by atoms with van der Waals surface area (Å²) in [7, 11) is -3.62. The van der Waals surface area contributed by atoms with E-state index in [4.69, 9.17) is 0 Å². The first-order chi connectivity index (χ1) is 13.3. The predicted octanol–water partition coefficient (Wildman–Crippen LogP) is 3.40. The monoisotopic (exact) mass is 417 g/mol. The van der Waals surface area contributed by atoms with Gasteiger partial charge in [-0.05, 0) is 35.7 Å². The molecule has 0 spiro atoms. The lowest BCUT2D eigenvalue weighted by molar-refractivity contribution is -0.121. The van der Waals surface area contributed by atoms with E-state index in [9.17, 15) is 13.2 Å². The first kappa shape index (κ1) is 20.4. The molecule has 1 aromatic heterocycles.